The van der Waals surface area contributed by atoms with E-state index < -0.39 is 10.0 Å². The van der Waals surface area contributed by atoms with E-state index in [1.807, 2.05) is 55.5 Å². The van der Waals surface area contributed by atoms with E-state index >= 15 is 0 Å². The summed E-state index contributed by atoms with van der Waals surface area (Å²) < 4.78 is 38.3. The minimum Gasteiger partial charge on any atom is -0.486 e. The molecule has 5 nitrogen and oxygen atoms in total. The molecule has 0 bridgehead atoms. The van der Waals surface area contributed by atoms with Crippen LogP contribution >= 0.6 is 0 Å². The number of benzene rings is 2. The van der Waals surface area contributed by atoms with Crippen molar-refractivity contribution in [2.24, 2.45) is 0 Å². The van der Waals surface area contributed by atoms with E-state index in [-0.39, 0.29) is 18.4 Å². The molecule has 1 N–H and O–H groups in total. The van der Waals surface area contributed by atoms with Gasteiger partial charge in [0.15, 0.2) is 11.5 Å². The van der Waals surface area contributed by atoms with Crippen molar-refractivity contribution < 1.29 is 17.9 Å². The van der Waals surface area contributed by atoms with E-state index in [0.29, 0.717) is 18.1 Å². The molecule has 1 aliphatic heterocycles. The Balaban J connectivity index is 1.58. The third kappa shape index (κ3) is 4.24. The highest BCUT2D eigenvalue weighted by molar-refractivity contribution is 7.88. The van der Waals surface area contributed by atoms with Gasteiger partial charge in [-0.25, -0.2) is 13.1 Å². The van der Waals surface area contributed by atoms with Crippen LogP contribution in [0, 0.1) is 6.92 Å². The highest BCUT2D eigenvalue weighted by Crippen LogP contribution is 2.30. The summed E-state index contributed by atoms with van der Waals surface area (Å²) in [6, 6.07) is 14.8. The first kappa shape index (κ1) is 15.8. The molecule has 23 heavy (non-hydrogen) atoms. The maximum atomic E-state index is 12.2. The first-order valence-corrected chi connectivity index (χ1v) is 9.08. The van der Waals surface area contributed by atoms with Crippen LogP contribution in [0.25, 0.3) is 0 Å². The first-order chi connectivity index (χ1) is 11.0. The van der Waals surface area contributed by atoms with E-state index in [1.54, 1.807) is 0 Å². The van der Waals surface area contributed by atoms with Gasteiger partial charge in [0.1, 0.15) is 12.7 Å². The molecule has 0 saturated heterocycles. The Morgan fingerprint density at radius 2 is 1.91 bits per heavy atom. The molecule has 0 unspecified atom stereocenters. The summed E-state index contributed by atoms with van der Waals surface area (Å²) in [6.07, 6.45) is -0.336. The Hall–Kier alpha value is -2.05. The Morgan fingerprint density at radius 3 is 2.70 bits per heavy atom. The summed E-state index contributed by atoms with van der Waals surface area (Å²) in [6.45, 7) is 2.45. The molecule has 122 valence electrons. The van der Waals surface area contributed by atoms with Crippen LogP contribution in [0.4, 0.5) is 0 Å². The van der Waals surface area contributed by atoms with Gasteiger partial charge in [0.2, 0.25) is 10.0 Å². The standard InChI is InChI=1S/C17H19NO4S/c1-13-5-4-6-14(9-13)12-23(19,20)18-10-15-11-21-16-7-2-3-8-17(16)22-15/h2-9,15,18H,10-12H2,1H3/t15-/m1/s1. The molecular formula is C17H19NO4S. The summed E-state index contributed by atoms with van der Waals surface area (Å²) >= 11 is 0. The third-order valence-electron chi connectivity index (χ3n) is 3.54. The molecule has 1 aliphatic rings. The summed E-state index contributed by atoms with van der Waals surface area (Å²) in [4.78, 5) is 0. The van der Waals surface area contributed by atoms with Crippen molar-refractivity contribution in [1.29, 1.82) is 0 Å². The highest BCUT2D eigenvalue weighted by atomic mass is 32.2. The SMILES string of the molecule is Cc1cccc(CS(=O)(=O)NC[C@@H]2COc3ccccc3O2)c1. The summed E-state index contributed by atoms with van der Waals surface area (Å²) in [7, 11) is -3.41. The number of nitrogens with one attached hydrogen (secondary N) is 1. The van der Waals surface area contributed by atoms with Crippen LogP contribution in [0.3, 0.4) is 0 Å². The van der Waals surface area contributed by atoms with Crippen LogP contribution in [0.5, 0.6) is 11.5 Å². The van der Waals surface area contributed by atoms with E-state index in [0.717, 1.165) is 11.1 Å². The number of hydrogen-bond donors (Lipinski definition) is 1. The average molecular weight is 333 g/mol. The fraction of sp³-hybridized carbons (Fsp3) is 0.294. The molecule has 0 amide bonds. The largest absolute Gasteiger partial charge is 0.486 e. The Labute approximate surface area is 136 Å². The molecule has 0 aromatic heterocycles. The predicted molar refractivity (Wildman–Crippen MR) is 88.2 cm³/mol. The number of aryl methyl sites for hydroxylation is 1. The third-order valence-corrected chi connectivity index (χ3v) is 4.86. The summed E-state index contributed by atoms with van der Waals surface area (Å²) in [5, 5.41) is 0. The van der Waals surface area contributed by atoms with Crippen LogP contribution in [0.2, 0.25) is 0 Å². The van der Waals surface area contributed by atoms with Gasteiger partial charge < -0.3 is 9.47 Å². The minimum atomic E-state index is -3.41. The lowest BCUT2D eigenvalue weighted by Crippen LogP contribution is -2.41. The van der Waals surface area contributed by atoms with Gasteiger partial charge >= 0.3 is 0 Å². The molecule has 0 radical (unpaired) electrons. The van der Waals surface area contributed by atoms with Crippen molar-refractivity contribution in [2.45, 2.75) is 18.8 Å². The van der Waals surface area contributed by atoms with Crippen LogP contribution in [-0.2, 0) is 15.8 Å². The molecule has 0 spiro atoms. The molecule has 0 fully saturated rings. The van der Waals surface area contributed by atoms with E-state index in [9.17, 15) is 8.42 Å². The second-order valence-corrected chi connectivity index (χ2v) is 7.40. The van der Waals surface area contributed by atoms with Gasteiger partial charge in [-0.2, -0.15) is 0 Å². The summed E-state index contributed by atoms with van der Waals surface area (Å²) in [5.41, 5.74) is 1.81. The van der Waals surface area contributed by atoms with Gasteiger partial charge in [-0.15, -0.1) is 0 Å². The van der Waals surface area contributed by atoms with Crippen molar-refractivity contribution in [3.8, 4) is 11.5 Å². The zero-order valence-electron chi connectivity index (χ0n) is 12.9. The van der Waals surface area contributed by atoms with Gasteiger partial charge in [0.05, 0.1) is 12.3 Å². The normalized spacial score (nSPS) is 17.0. The summed E-state index contributed by atoms with van der Waals surface area (Å²) in [5.74, 6) is 1.28. The van der Waals surface area contributed by atoms with E-state index in [1.165, 1.54) is 0 Å². The van der Waals surface area contributed by atoms with Crippen LogP contribution in [0.15, 0.2) is 48.5 Å². The zero-order valence-corrected chi connectivity index (χ0v) is 13.7. The number of rotatable bonds is 5. The maximum absolute atomic E-state index is 12.2. The van der Waals surface area contributed by atoms with Crippen LogP contribution in [-0.4, -0.2) is 27.7 Å². The minimum absolute atomic E-state index is 0.0428. The molecule has 0 saturated carbocycles. The number of hydrogen-bond acceptors (Lipinski definition) is 4. The predicted octanol–water partition coefficient (Wildman–Crippen LogP) is 2.25. The topological polar surface area (TPSA) is 64.6 Å². The monoisotopic (exact) mass is 333 g/mol. The van der Waals surface area contributed by atoms with Crippen molar-refractivity contribution in [3.63, 3.8) is 0 Å². The molecule has 2 aromatic rings. The number of sulfonamides is 1. The Bertz CT molecular complexity index is 789. The maximum Gasteiger partial charge on any atom is 0.215 e. The molecule has 2 aromatic carbocycles. The van der Waals surface area contributed by atoms with Gasteiger partial charge in [0.25, 0.3) is 0 Å². The van der Waals surface area contributed by atoms with Gasteiger partial charge in [-0.1, -0.05) is 42.0 Å². The number of para-hydroxylation sites is 2. The number of fused-ring (bicyclic) bond motifs is 1. The lowest BCUT2D eigenvalue weighted by Gasteiger charge is -2.26. The Morgan fingerprint density at radius 1 is 1.13 bits per heavy atom. The van der Waals surface area contributed by atoms with Gasteiger partial charge in [-0.05, 0) is 24.6 Å². The zero-order chi connectivity index (χ0) is 16.3. The van der Waals surface area contributed by atoms with Gasteiger partial charge in [-0.3, -0.25) is 0 Å². The molecule has 1 heterocycles. The van der Waals surface area contributed by atoms with Crippen LogP contribution < -0.4 is 14.2 Å². The molecule has 6 heteroatoms. The highest BCUT2D eigenvalue weighted by Gasteiger charge is 2.22. The second kappa shape index (κ2) is 6.60. The number of ether oxygens (including phenoxy) is 2. The van der Waals surface area contributed by atoms with E-state index in [2.05, 4.69) is 4.72 Å². The van der Waals surface area contributed by atoms with Crippen molar-refractivity contribution in [3.05, 3.63) is 59.7 Å². The molecule has 3 rings (SSSR count). The van der Waals surface area contributed by atoms with E-state index in [4.69, 9.17) is 9.47 Å². The Kier molecular flexibility index (Phi) is 4.54. The van der Waals surface area contributed by atoms with Crippen LogP contribution in [0.1, 0.15) is 11.1 Å². The molecular weight excluding hydrogens is 314 g/mol. The average Bonchev–Trinajstić information content (AvgIpc) is 2.52. The van der Waals surface area contributed by atoms with Crippen molar-refractivity contribution >= 4 is 10.0 Å². The van der Waals surface area contributed by atoms with Crippen molar-refractivity contribution in [2.75, 3.05) is 13.2 Å². The molecule has 1 atom stereocenters. The first-order valence-electron chi connectivity index (χ1n) is 7.43. The smallest absolute Gasteiger partial charge is 0.215 e. The quantitative estimate of drug-likeness (QED) is 0.911. The lowest BCUT2D eigenvalue weighted by atomic mass is 10.2. The lowest BCUT2D eigenvalue weighted by molar-refractivity contribution is 0.0943. The fourth-order valence-corrected chi connectivity index (χ4v) is 3.62. The fourth-order valence-electron chi connectivity index (χ4n) is 2.46. The van der Waals surface area contributed by atoms with Crippen molar-refractivity contribution in [1.82, 2.24) is 4.72 Å². The van der Waals surface area contributed by atoms with Gasteiger partial charge in [0, 0.05) is 0 Å². The molecule has 0 aliphatic carbocycles. The second-order valence-electron chi connectivity index (χ2n) is 5.59.